The van der Waals surface area contributed by atoms with Crippen molar-refractivity contribution in [2.24, 2.45) is 0 Å². The Bertz CT molecular complexity index is 705. The van der Waals surface area contributed by atoms with Crippen LogP contribution in [0, 0.1) is 5.82 Å². The smallest absolute Gasteiger partial charge is 0.260 e. The minimum absolute atomic E-state index is 0.0492. The van der Waals surface area contributed by atoms with Gasteiger partial charge in [0.2, 0.25) is 0 Å². The van der Waals surface area contributed by atoms with Gasteiger partial charge in [0.05, 0.1) is 4.47 Å². The Labute approximate surface area is 136 Å². The second-order valence-electron chi connectivity index (χ2n) is 5.20. The van der Waals surface area contributed by atoms with E-state index in [1.165, 1.54) is 29.3 Å². The van der Waals surface area contributed by atoms with E-state index in [9.17, 15) is 9.18 Å². The lowest BCUT2D eigenvalue weighted by atomic mass is 10.00. The van der Waals surface area contributed by atoms with Crippen LogP contribution in [-0.4, -0.2) is 24.0 Å². The first kappa shape index (κ1) is 15.0. The predicted octanol–water partition coefficient (Wildman–Crippen LogP) is 3.55. The Balaban J connectivity index is 1.61. The summed E-state index contributed by atoms with van der Waals surface area (Å²) in [5.41, 5.74) is 2.49. The van der Waals surface area contributed by atoms with Crippen molar-refractivity contribution in [2.45, 2.75) is 13.0 Å². The van der Waals surface area contributed by atoms with Gasteiger partial charge in [0.15, 0.2) is 6.61 Å². The molecule has 0 bridgehead atoms. The van der Waals surface area contributed by atoms with Crippen molar-refractivity contribution in [2.75, 3.05) is 13.2 Å². The van der Waals surface area contributed by atoms with Crippen LogP contribution in [-0.2, 0) is 17.8 Å². The highest BCUT2D eigenvalue weighted by atomic mass is 79.9. The fraction of sp³-hybridized carbons (Fsp3) is 0.235. The number of halogens is 2. The average Bonchev–Trinajstić information content (AvgIpc) is 2.53. The first-order valence-electron chi connectivity index (χ1n) is 7.06. The van der Waals surface area contributed by atoms with Gasteiger partial charge in [0, 0.05) is 13.1 Å². The van der Waals surface area contributed by atoms with Gasteiger partial charge >= 0.3 is 0 Å². The third-order valence-electron chi connectivity index (χ3n) is 3.73. The molecule has 2 aromatic rings. The van der Waals surface area contributed by atoms with Crippen molar-refractivity contribution in [3.8, 4) is 5.75 Å². The van der Waals surface area contributed by atoms with E-state index >= 15 is 0 Å². The maximum Gasteiger partial charge on any atom is 0.260 e. The van der Waals surface area contributed by atoms with E-state index in [4.69, 9.17) is 4.74 Å². The molecular weight excluding hydrogens is 349 g/mol. The van der Waals surface area contributed by atoms with Crippen LogP contribution < -0.4 is 4.74 Å². The standard InChI is InChI=1S/C17H15BrFNO2/c18-15-9-14(19)5-6-16(15)22-11-17(21)20-8-7-12-3-1-2-4-13(12)10-20/h1-6,9H,7-8,10-11H2. The van der Waals surface area contributed by atoms with Crippen molar-refractivity contribution >= 4 is 21.8 Å². The van der Waals surface area contributed by atoms with Gasteiger partial charge in [-0.1, -0.05) is 24.3 Å². The van der Waals surface area contributed by atoms with Gasteiger partial charge in [0.25, 0.3) is 5.91 Å². The van der Waals surface area contributed by atoms with Crippen molar-refractivity contribution in [3.63, 3.8) is 0 Å². The zero-order valence-corrected chi connectivity index (χ0v) is 13.5. The number of nitrogens with zero attached hydrogens (tertiary/aromatic N) is 1. The summed E-state index contributed by atoms with van der Waals surface area (Å²) in [5, 5.41) is 0. The van der Waals surface area contributed by atoms with Gasteiger partial charge in [0.1, 0.15) is 11.6 Å². The number of amides is 1. The quantitative estimate of drug-likeness (QED) is 0.834. The number of rotatable bonds is 3. The molecule has 0 aliphatic carbocycles. The molecule has 22 heavy (non-hydrogen) atoms. The highest BCUT2D eigenvalue weighted by molar-refractivity contribution is 9.10. The molecule has 0 aromatic heterocycles. The van der Waals surface area contributed by atoms with E-state index in [0.29, 0.717) is 23.3 Å². The van der Waals surface area contributed by atoms with E-state index in [0.717, 1.165) is 6.42 Å². The van der Waals surface area contributed by atoms with Gasteiger partial charge in [-0.25, -0.2) is 4.39 Å². The van der Waals surface area contributed by atoms with Crippen molar-refractivity contribution < 1.29 is 13.9 Å². The largest absolute Gasteiger partial charge is 0.483 e. The molecule has 0 unspecified atom stereocenters. The molecule has 0 saturated carbocycles. The number of carbonyl (C=O) groups is 1. The molecule has 114 valence electrons. The van der Waals surface area contributed by atoms with Crippen LogP contribution in [0.3, 0.4) is 0 Å². The van der Waals surface area contributed by atoms with Crippen LogP contribution in [0.5, 0.6) is 5.75 Å². The van der Waals surface area contributed by atoms with Gasteiger partial charge in [-0.05, 0) is 51.7 Å². The van der Waals surface area contributed by atoms with Crippen LogP contribution in [0.1, 0.15) is 11.1 Å². The average molecular weight is 364 g/mol. The zero-order valence-electron chi connectivity index (χ0n) is 11.9. The van der Waals surface area contributed by atoms with E-state index in [-0.39, 0.29) is 18.3 Å². The second kappa shape index (κ2) is 6.48. The molecular formula is C17H15BrFNO2. The summed E-state index contributed by atoms with van der Waals surface area (Å²) >= 11 is 3.22. The maximum atomic E-state index is 13.0. The third-order valence-corrected chi connectivity index (χ3v) is 4.35. The lowest BCUT2D eigenvalue weighted by molar-refractivity contribution is -0.134. The van der Waals surface area contributed by atoms with Gasteiger partial charge in [-0.2, -0.15) is 0 Å². The summed E-state index contributed by atoms with van der Waals surface area (Å²) < 4.78 is 19.0. The minimum Gasteiger partial charge on any atom is -0.483 e. The van der Waals surface area contributed by atoms with E-state index in [1.807, 2.05) is 18.2 Å². The molecule has 1 heterocycles. The lowest BCUT2D eigenvalue weighted by Crippen LogP contribution is -2.38. The van der Waals surface area contributed by atoms with Gasteiger partial charge < -0.3 is 9.64 Å². The molecule has 0 fully saturated rings. The number of benzene rings is 2. The zero-order chi connectivity index (χ0) is 15.5. The van der Waals surface area contributed by atoms with E-state index < -0.39 is 0 Å². The Morgan fingerprint density at radius 2 is 2.00 bits per heavy atom. The number of hydrogen-bond donors (Lipinski definition) is 0. The summed E-state index contributed by atoms with van der Waals surface area (Å²) in [4.78, 5) is 14.1. The molecule has 0 atom stereocenters. The van der Waals surface area contributed by atoms with Crippen molar-refractivity contribution in [1.82, 2.24) is 4.90 Å². The van der Waals surface area contributed by atoms with Gasteiger partial charge in [-0.3, -0.25) is 4.79 Å². The number of ether oxygens (including phenoxy) is 1. The van der Waals surface area contributed by atoms with Crippen LogP contribution >= 0.6 is 15.9 Å². The van der Waals surface area contributed by atoms with E-state index in [2.05, 4.69) is 22.0 Å². The molecule has 0 radical (unpaired) electrons. The number of carbonyl (C=O) groups excluding carboxylic acids is 1. The van der Waals surface area contributed by atoms with Crippen LogP contribution in [0.4, 0.5) is 4.39 Å². The fourth-order valence-corrected chi connectivity index (χ4v) is 3.00. The SMILES string of the molecule is O=C(COc1ccc(F)cc1Br)N1CCc2ccccc2C1. The third kappa shape index (κ3) is 3.30. The molecule has 0 N–H and O–H groups in total. The highest BCUT2D eigenvalue weighted by Gasteiger charge is 2.20. The molecule has 2 aromatic carbocycles. The number of fused-ring (bicyclic) bond motifs is 1. The Morgan fingerprint density at radius 1 is 1.23 bits per heavy atom. The first-order valence-corrected chi connectivity index (χ1v) is 7.85. The Hall–Kier alpha value is -1.88. The molecule has 1 amide bonds. The maximum absolute atomic E-state index is 13.0. The normalized spacial score (nSPS) is 13.6. The molecule has 0 saturated heterocycles. The van der Waals surface area contributed by atoms with Gasteiger partial charge in [-0.15, -0.1) is 0 Å². The monoisotopic (exact) mass is 363 g/mol. The summed E-state index contributed by atoms with van der Waals surface area (Å²) in [6, 6.07) is 12.3. The molecule has 0 spiro atoms. The van der Waals surface area contributed by atoms with Crippen molar-refractivity contribution in [1.29, 1.82) is 0 Å². The molecule has 3 rings (SSSR count). The molecule has 1 aliphatic heterocycles. The molecule has 5 heteroatoms. The molecule has 3 nitrogen and oxygen atoms in total. The predicted molar refractivity (Wildman–Crippen MR) is 85.2 cm³/mol. The summed E-state index contributed by atoms with van der Waals surface area (Å²) in [6.45, 7) is 1.26. The Kier molecular flexibility index (Phi) is 4.43. The Morgan fingerprint density at radius 3 is 2.77 bits per heavy atom. The lowest BCUT2D eigenvalue weighted by Gasteiger charge is -2.28. The van der Waals surface area contributed by atoms with E-state index in [1.54, 1.807) is 4.90 Å². The topological polar surface area (TPSA) is 29.5 Å². The van der Waals surface area contributed by atoms with Crippen LogP contribution in [0.2, 0.25) is 0 Å². The van der Waals surface area contributed by atoms with Crippen LogP contribution in [0.25, 0.3) is 0 Å². The first-order chi connectivity index (χ1) is 10.6. The second-order valence-corrected chi connectivity index (χ2v) is 6.05. The fourth-order valence-electron chi connectivity index (χ4n) is 2.53. The van der Waals surface area contributed by atoms with Crippen LogP contribution in [0.15, 0.2) is 46.9 Å². The molecule has 1 aliphatic rings. The summed E-state index contributed by atoms with van der Waals surface area (Å²) in [5.74, 6) is 0.0519. The summed E-state index contributed by atoms with van der Waals surface area (Å²) in [6.07, 6.45) is 0.863. The number of hydrogen-bond acceptors (Lipinski definition) is 2. The highest BCUT2D eigenvalue weighted by Crippen LogP contribution is 2.25. The van der Waals surface area contributed by atoms with Crippen molar-refractivity contribution in [3.05, 3.63) is 63.9 Å². The minimum atomic E-state index is -0.349. The summed E-state index contributed by atoms with van der Waals surface area (Å²) in [7, 11) is 0.